The summed E-state index contributed by atoms with van der Waals surface area (Å²) in [6, 6.07) is 6.63. The highest BCUT2D eigenvalue weighted by molar-refractivity contribution is 5.80. The second kappa shape index (κ2) is 9.92. The number of hydrogen-bond acceptors (Lipinski definition) is 4. The van der Waals surface area contributed by atoms with Crippen LogP contribution in [0.1, 0.15) is 51.0 Å². The number of ether oxygens (including phenoxy) is 1. The Labute approximate surface area is 167 Å². The highest BCUT2D eigenvalue weighted by Crippen LogP contribution is 2.30. The lowest BCUT2D eigenvalue weighted by Crippen LogP contribution is -2.50. The summed E-state index contributed by atoms with van der Waals surface area (Å²) in [4.78, 5) is 27.3. The molecule has 28 heavy (non-hydrogen) atoms. The molecule has 1 aliphatic heterocycles. The van der Waals surface area contributed by atoms with Crippen LogP contribution in [0, 0.1) is 5.92 Å². The van der Waals surface area contributed by atoms with Gasteiger partial charge in [0, 0.05) is 25.6 Å². The van der Waals surface area contributed by atoms with Crippen molar-refractivity contribution in [2.24, 2.45) is 5.92 Å². The van der Waals surface area contributed by atoms with E-state index in [0.717, 1.165) is 50.8 Å². The largest absolute Gasteiger partial charge is 0.508 e. The number of likely N-dealkylation sites (tertiary alicyclic amines) is 1. The first-order chi connectivity index (χ1) is 13.6. The van der Waals surface area contributed by atoms with E-state index in [1.807, 2.05) is 4.90 Å². The second-order valence-corrected chi connectivity index (χ2v) is 7.97. The number of aromatic hydroxyl groups is 1. The molecule has 2 fully saturated rings. The molecule has 0 bridgehead atoms. The van der Waals surface area contributed by atoms with Crippen LogP contribution in [0.2, 0.25) is 0 Å². The van der Waals surface area contributed by atoms with Crippen molar-refractivity contribution in [3.8, 4) is 5.75 Å². The Morgan fingerprint density at radius 2 is 1.89 bits per heavy atom. The number of carbonyl (C=O) groups excluding carboxylic acids is 2. The smallest absolute Gasteiger partial charge is 0.225 e. The zero-order valence-electron chi connectivity index (χ0n) is 16.7. The number of amides is 2. The standard InChI is InChI=1S/C22H32N2O4/c1-2-13-28-20-15-17(22(27)24-11-3-4-12-24)7-10-19(20)23-21(26)14-16-5-8-18(25)9-6-16/h5-6,8-9,17,19-20,25H,2-4,7,10-15H2,1H3,(H,23,26)/t17-,19+,20+/m0/s1. The average molecular weight is 389 g/mol. The van der Waals surface area contributed by atoms with Crippen LogP contribution in [-0.4, -0.2) is 53.7 Å². The van der Waals surface area contributed by atoms with Crippen LogP contribution in [-0.2, 0) is 20.7 Å². The summed E-state index contributed by atoms with van der Waals surface area (Å²) >= 11 is 0. The van der Waals surface area contributed by atoms with Gasteiger partial charge >= 0.3 is 0 Å². The van der Waals surface area contributed by atoms with Crippen LogP contribution in [0.3, 0.4) is 0 Å². The van der Waals surface area contributed by atoms with Gasteiger partial charge in [-0.05, 0) is 56.2 Å². The lowest BCUT2D eigenvalue weighted by Gasteiger charge is -2.37. The number of phenolic OH excluding ortho intramolecular Hbond substituents is 1. The Hall–Kier alpha value is -2.08. The molecule has 0 spiro atoms. The predicted octanol–water partition coefficient (Wildman–Crippen LogP) is 2.64. The average Bonchev–Trinajstić information content (AvgIpc) is 3.23. The van der Waals surface area contributed by atoms with Crippen molar-refractivity contribution in [3.05, 3.63) is 29.8 Å². The van der Waals surface area contributed by atoms with Crippen molar-refractivity contribution in [1.29, 1.82) is 0 Å². The monoisotopic (exact) mass is 388 g/mol. The minimum Gasteiger partial charge on any atom is -0.508 e. The van der Waals surface area contributed by atoms with E-state index in [1.165, 1.54) is 0 Å². The summed E-state index contributed by atoms with van der Waals surface area (Å²) in [6.45, 7) is 4.46. The molecule has 1 saturated heterocycles. The van der Waals surface area contributed by atoms with Gasteiger partial charge in [0.25, 0.3) is 0 Å². The first-order valence-corrected chi connectivity index (χ1v) is 10.5. The number of nitrogens with zero attached hydrogens (tertiary/aromatic N) is 1. The van der Waals surface area contributed by atoms with Gasteiger partial charge in [-0.3, -0.25) is 9.59 Å². The number of phenols is 1. The molecule has 2 N–H and O–H groups in total. The Bertz CT molecular complexity index is 655. The Kier molecular flexibility index (Phi) is 7.31. The number of hydrogen-bond donors (Lipinski definition) is 2. The SMILES string of the molecule is CCCO[C@@H]1C[C@@H](C(=O)N2CCCC2)CC[C@H]1NC(=O)Cc1ccc(O)cc1. The molecule has 1 aromatic carbocycles. The van der Waals surface area contributed by atoms with E-state index in [4.69, 9.17) is 4.74 Å². The summed E-state index contributed by atoms with van der Waals surface area (Å²) in [5.41, 5.74) is 0.860. The minimum absolute atomic E-state index is 0.00482. The number of nitrogens with one attached hydrogen (secondary N) is 1. The minimum atomic E-state index is -0.117. The van der Waals surface area contributed by atoms with E-state index in [9.17, 15) is 14.7 Å². The summed E-state index contributed by atoms with van der Waals surface area (Å²) in [5.74, 6) is 0.407. The highest BCUT2D eigenvalue weighted by atomic mass is 16.5. The van der Waals surface area contributed by atoms with E-state index >= 15 is 0 Å². The fourth-order valence-electron chi connectivity index (χ4n) is 4.22. The lowest BCUT2D eigenvalue weighted by molar-refractivity contribution is -0.138. The van der Waals surface area contributed by atoms with Crippen LogP contribution in [0.4, 0.5) is 0 Å². The van der Waals surface area contributed by atoms with E-state index in [-0.39, 0.29) is 42.0 Å². The van der Waals surface area contributed by atoms with Gasteiger partial charge in [0.1, 0.15) is 5.75 Å². The van der Waals surface area contributed by atoms with Crippen molar-refractivity contribution in [1.82, 2.24) is 10.2 Å². The van der Waals surface area contributed by atoms with Gasteiger partial charge in [0.15, 0.2) is 0 Å². The van der Waals surface area contributed by atoms with E-state index in [2.05, 4.69) is 12.2 Å². The van der Waals surface area contributed by atoms with Gasteiger partial charge < -0.3 is 20.1 Å². The van der Waals surface area contributed by atoms with Gasteiger partial charge in [-0.25, -0.2) is 0 Å². The summed E-state index contributed by atoms with van der Waals surface area (Å²) in [6.07, 6.45) is 5.51. The van der Waals surface area contributed by atoms with Gasteiger partial charge in [0.05, 0.1) is 18.6 Å². The van der Waals surface area contributed by atoms with Crippen molar-refractivity contribution >= 4 is 11.8 Å². The van der Waals surface area contributed by atoms with Crippen molar-refractivity contribution < 1.29 is 19.4 Å². The van der Waals surface area contributed by atoms with Gasteiger partial charge in [-0.2, -0.15) is 0 Å². The highest BCUT2D eigenvalue weighted by Gasteiger charge is 2.37. The van der Waals surface area contributed by atoms with E-state index in [0.29, 0.717) is 13.0 Å². The molecule has 3 atom stereocenters. The summed E-state index contributed by atoms with van der Waals surface area (Å²) in [5, 5.41) is 12.5. The van der Waals surface area contributed by atoms with Gasteiger partial charge in [-0.1, -0.05) is 19.1 Å². The molecule has 3 rings (SSSR count). The van der Waals surface area contributed by atoms with E-state index in [1.54, 1.807) is 24.3 Å². The molecule has 6 nitrogen and oxygen atoms in total. The molecule has 0 unspecified atom stereocenters. The molecular formula is C22H32N2O4. The predicted molar refractivity (Wildman–Crippen MR) is 107 cm³/mol. The zero-order valence-corrected chi connectivity index (χ0v) is 16.7. The molecule has 2 amide bonds. The Morgan fingerprint density at radius 3 is 2.57 bits per heavy atom. The maximum Gasteiger partial charge on any atom is 0.225 e. The molecule has 1 aliphatic carbocycles. The molecular weight excluding hydrogens is 356 g/mol. The van der Waals surface area contributed by atoms with Crippen LogP contribution in [0.15, 0.2) is 24.3 Å². The fourth-order valence-corrected chi connectivity index (χ4v) is 4.22. The maximum absolute atomic E-state index is 12.8. The fraction of sp³-hybridized carbons (Fsp3) is 0.636. The van der Waals surface area contributed by atoms with Crippen molar-refractivity contribution in [2.75, 3.05) is 19.7 Å². The molecule has 154 valence electrons. The third-order valence-electron chi connectivity index (χ3n) is 5.74. The lowest BCUT2D eigenvalue weighted by atomic mass is 9.82. The molecule has 0 radical (unpaired) electrons. The number of carbonyl (C=O) groups is 2. The second-order valence-electron chi connectivity index (χ2n) is 7.97. The first-order valence-electron chi connectivity index (χ1n) is 10.5. The molecule has 1 aromatic rings. The normalized spacial score (nSPS) is 24.9. The molecule has 2 aliphatic rings. The third-order valence-corrected chi connectivity index (χ3v) is 5.74. The zero-order chi connectivity index (χ0) is 19.9. The molecule has 1 heterocycles. The molecule has 6 heteroatoms. The van der Waals surface area contributed by atoms with Crippen molar-refractivity contribution in [3.63, 3.8) is 0 Å². The van der Waals surface area contributed by atoms with E-state index < -0.39 is 0 Å². The van der Waals surface area contributed by atoms with Gasteiger partial charge in [-0.15, -0.1) is 0 Å². The molecule has 0 aromatic heterocycles. The Balaban J connectivity index is 1.57. The van der Waals surface area contributed by atoms with Crippen LogP contribution < -0.4 is 5.32 Å². The summed E-state index contributed by atoms with van der Waals surface area (Å²) < 4.78 is 6.04. The first kappa shape index (κ1) is 20.6. The third kappa shape index (κ3) is 5.47. The Morgan fingerprint density at radius 1 is 1.18 bits per heavy atom. The topological polar surface area (TPSA) is 78.9 Å². The number of rotatable bonds is 7. The molecule has 1 saturated carbocycles. The maximum atomic E-state index is 12.8. The van der Waals surface area contributed by atoms with Crippen LogP contribution in [0.25, 0.3) is 0 Å². The quantitative estimate of drug-likeness (QED) is 0.753. The van der Waals surface area contributed by atoms with Gasteiger partial charge in [0.2, 0.25) is 11.8 Å². The van der Waals surface area contributed by atoms with Crippen LogP contribution in [0.5, 0.6) is 5.75 Å². The van der Waals surface area contributed by atoms with Crippen molar-refractivity contribution in [2.45, 2.75) is 64.0 Å². The number of benzene rings is 1. The summed E-state index contributed by atoms with van der Waals surface area (Å²) in [7, 11) is 0. The van der Waals surface area contributed by atoms with Crippen LogP contribution >= 0.6 is 0 Å².